The predicted octanol–water partition coefficient (Wildman–Crippen LogP) is -0.0564. The molecule has 0 saturated heterocycles. The summed E-state index contributed by atoms with van der Waals surface area (Å²) >= 11 is 0. The Morgan fingerprint density at radius 3 is 1.80 bits per heavy atom. The number of aromatic nitrogens is 2. The highest BCUT2D eigenvalue weighted by Crippen LogP contribution is 2.25. The van der Waals surface area contributed by atoms with E-state index >= 15 is 0 Å². The average molecular weight is 521 g/mol. The van der Waals surface area contributed by atoms with Crippen LogP contribution >= 0.6 is 0 Å². The van der Waals surface area contributed by atoms with Crippen LogP contribution in [0.15, 0.2) is 73.8 Å². The summed E-state index contributed by atoms with van der Waals surface area (Å²) < 4.78 is 64.0. The maximum Gasteiger partial charge on any atom is 0.294 e. The highest BCUT2D eigenvalue weighted by Gasteiger charge is 2.31. The van der Waals surface area contributed by atoms with Gasteiger partial charge in [-0.3, -0.25) is 23.8 Å². The van der Waals surface area contributed by atoms with Crippen molar-refractivity contribution in [3.8, 4) is 5.69 Å². The smallest absolute Gasteiger partial charge is 0.294 e. The van der Waals surface area contributed by atoms with E-state index < -0.39 is 31.7 Å². The summed E-state index contributed by atoms with van der Waals surface area (Å²) in [6.45, 7) is 0. The van der Waals surface area contributed by atoms with Crippen LogP contribution in [0.2, 0.25) is 0 Å². The topological polar surface area (TPSA) is 231 Å². The van der Waals surface area contributed by atoms with E-state index in [1.807, 2.05) is 0 Å². The van der Waals surface area contributed by atoms with Crippen LogP contribution in [0.1, 0.15) is 5.56 Å². The summed E-state index contributed by atoms with van der Waals surface area (Å²) in [5.41, 5.74) is 11.1. The Morgan fingerprint density at radius 2 is 1.31 bits per heavy atom. The van der Waals surface area contributed by atoms with Gasteiger partial charge in [0.1, 0.15) is 5.82 Å². The van der Waals surface area contributed by atoms with E-state index in [9.17, 15) is 26.4 Å². The van der Waals surface area contributed by atoms with Gasteiger partial charge < -0.3 is 11.5 Å². The average Bonchev–Trinajstić information content (AvgIpc) is 3.23. The minimum absolute atomic E-state index is 0.127. The number of amides is 1. The summed E-state index contributed by atoms with van der Waals surface area (Å²) in [5, 5.41) is 7.40. The van der Waals surface area contributed by atoms with Crippen molar-refractivity contribution in [1.29, 1.82) is 0 Å². The zero-order valence-electron chi connectivity index (χ0n) is 17.4. The molecule has 1 aliphatic heterocycles. The molecular formula is C19H16N6O8S2. The van der Waals surface area contributed by atoms with E-state index in [-0.39, 0.29) is 44.0 Å². The van der Waals surface area contributed by atoms with Crippen LogP contribution in [0.25, 0.3) is 11.8 Å². The third-order valence-corrected chi connectivity index (χ3v) is 6.66. The third kappa shape index (κ3) is 4.45. The quantitative estimate of drug-likeness (QED) is 0.222. The lowest BCUT2D eigenvalue weighted by Crippen LogP contribution is -2.23. The largest absolute Gasteiger partial charge is 0.383 e. The Hall–Kier alpha value is -4.25. The molecule has 0 saturated carbocycles. The van der Waals surface area contributed by atoms with Gasteiger partial charge in [0.2, 0.25) is 0 Å². The summed E-state index contributed by atoms with van der Waals surface area (Å²) in [5.74, 6) is -1.10. The number of carbonyl (C=O) groups is 1. The molecule has 0 bridgehead atoms. The van der Waals surface area contributed by atoms with Crippen molar-refractivity contribution >= 4 is 49.6 Å². The molecule has 4 rings (SSSR count). The van der Waals surface area contributed by atoms with Gasteiger partial charge in [0, 0.05) is 0 Å². The monoisotopic (exact) mass is 520 g/mol. The number of hydrogen-bond acceptors (Lipinski definition) is 9. The fourth-order valence-corrected chi connectivity index (χ4v) is 4.16. The molecule has 2 aromatic carbocycles. The van der Waals surface area contributed by atoms with Crippen LogP contribution in [0.3, 0.4) is 0 Å². The van der Waals surface area contributed by atoms with Crippen LogP contribution in [0, 0.1) is 0 Å². The minimum Gasteiger partial charge on any atom is -0.383 e. The molecule has 16 heteroatoms. The zero-order chi connectivity index (χ0) is 25.7. The fraction of sp³-hybridized carbons (Fsp3) is 0. The molecule has 0 fully saturated rings. The van der Waals surface area contributed by atoms with Gasteiger partial charge in [0.05, 0.1) is 32.3 Å². The van der Waals surface area contributed by atoms with Gasteiger partial charge >= 0.3 is 0 Å². The molecule has 1 aliphatic rings. The molecule has 0 atom stereocenters. The van der Waals surface area contributed by atoms with Gasteiger partial charge in [0.25, 0.3) is 31.7 Å². The Morgan fingerprint density at radius 1 is 0.829 bits per heavy atom. The lowest BCUT2D eigenvalue weighted by molar-refractivity contribution is -0.114. The number of nitrogen functional groups attached to an aromatic ring is 1. The number of anilines is 2. The first-order chi connectivity index (χ1) is 16.3. The van der Waals surface area contributed by atoms with Crippen LogP contribution in [-0.2, 0) is 25.0 Å². The van der Waals surface area contributed by atoms with Gasteiger partial charge in [-0.15, -0.1) is 5.10 Å². The maximum absolute atomic E-state index is 12.9. The molecule has 14 nitrogen and oxygen atoms in total. The first kappa shape index (κ1) is 23.9. The van der Waals surface area contributed by atoms with Crippen molar-refractivity contribution in [3.63, 3.8) is 0 Å². The highest BCUT2D eigenvalue weighted by molar-refractivity contribution is 7.86. The molecule has 0 aliphatic carbocycles. The lowest BCUT2D eigenvalue weighted by Gasteiger charge is -2.11. The van der Waals surface area contributed by atoms with Gasteiger partial charge in [-0.25, -0.2) is 4.68 Å². The number of hydrogen-bond donors (Lipinski definition) is 5. The summed E-state index contributed by atoms with van der Waals surface area (Å²) in [4.78, 5) is 25.0. The number of nitrogens with one attached hydrogen (secondary N) is 1. The number of benzene rings is 2. The van der Waals surface area contributed by atoms with Gasteiger partial charge in [-0.05, 0) is 54.6 Å². The van der Waals surface area contributed by atoms with E-state index in [4.69, 9.17) is 20.6 Å². The van der Waals surface area contributed by atoms with Crippen LogP contribution in [0.5, 0.6) is 0 Å². The fourth-order valence-electron chi connectivity index (χ4n) is 3.20. The van der Waals surface area contributed by atoms with Gasteiger partial charge in [-0.2, -0.15) is 21.8 Å². The number of rotatable bonds is 5. The second-order valence-electron chi connectivity index (χ2n) is 7.18. The standard InChI is InChI=1S/C19H16N6O8S2/c20-16-14(18(26)24(22-16)10-1-5-12(6-2-10)34(28,29)30)9-15-17(21)23-25(19(15)27)11-3-7-13(8-4-11)35(31,32)33/h1-9,22H,20H2,(H2,21,23)(H,28,29,30)(H,31,32,33). The number of carbonyl (C=O) groups excluding carboxylic acids is 1. The van der Waals surface area contributed by atoms with Crippen molar-refractivity contribution in [1.82, 2.24) is 9.78 Å². The first-order valence-corrected chi connectivity index (χ1v) is 12.3. The van der Waals surface area contributed by atoms with Crippen molar-refractivity contribution in [2.24, 2.45) is 10.8 Å². The predicted molar refractivity (Wildman–Crippen MR) is 124 cm³/mol. The Bertz CT molecular complexity index is 1680. The second-order valence-corrected chi connectivity index (χ2v) is 10.0. The van der Waals surface area contributed by atoms with E-state index in [1.54, 1.807) is 0 Å². The summed E-state index contributed by atoms with van der Waals surface area (Å²) in [7, 11) is -8.85. The Balaban J connectivity index is 1.68. The molecule has 1 aromatic heterocycles. The normalized spacial score (nSPS) is 15.6. The van der Waals surface area contributed by atoms with Crippen LogP contribution < -0.4 is 22.0 Å². The van der Waals surface area contributed by atoms with Crippen LogP contribution in [-0.4, -0.2) is 47.5 Å². The molecule has 1 amide bonds. The Labute approximate surface area is 197 Å². The molecule has 3 aromatic rings. The minimum atomic E-state index is -4.43. The van der Waals surface area contributed by atoms with E-state index in [0.717, 1.165) is 40.0 Å². The molecule has 7 N–H and O–H groups in total. The molecule has 35 heavy (non-hydrogen) atoms. The number of aromatic amines is 1. The molecule has 0 spiro atoms. The molecule has 0 unspecified atom stereocenters. The first-order valence-electron chi connectivity index (χ1n) is 9.44. The van der Waals surface area contributed by atoms with E-state index in [1.165, 1.54) is 24.3 Å². The highest BCUT2D eigenvalue weighted by atomic mass is 32.2. The van der Waals surface area contributed by atoms with Crippen molar-refractivity contribution in [2.45, 2.75) is 9.79 Å². The van der Waals surface area contributed by atoms with Crippen LogP contribution in [0.4, 0.5) is 11.5 Å². The van der Waals surface area contributed by atoms with Crippen molar-refractivity contribution in [2.75, 3.05) is 10.7 Å². The third-order valence-electron chi connectivity index (χ3n) is 4.92. The van der Waals surface area contributed by atoms with Crippen molar-refractivity contribution in [3.05, 3.63) is 70.0 Å². The number of nitrogens with two attached hydrogens (primary N) is 2. The number of amidine groups is 1. The molecule has 182 valence electrons. The van der Waals surface area contributed by atoms with Crippen molar-refractivity contribution < 1.29 is 30.7 Å². The molecule has 2 heterocycles. The molecular weight excluding hydrogens is 504 g/mol. The maximum atomic E-state index is 12.9. The zero-order valence-corrected chi connectivity index (χ0v) is 19.0. The number of nitrogens with zero attached hydrogens (tertiary/aromatic N) is 3. The molecule has 0 radical (unpaired) electrons. The van der Waals surface area contributed by atoms with Gasteiger partial charge in [-0.1, -0.05) is 0 Å². The second kappa shape index (κ2) is 8.20. The van der Waals surface area contributed by atoms with Gasteiger partial charge in [0.15, 0.2) is 5.84 Å². The number of hydrazone groups is 1. The lowest BCUT2D eigenvalue weighted by atomic mass is 10.1. The number of H-pyrrole nitrogens is 1. The summed E-state index contributed by atoms with van der Waals surface area (Å²) in [6, 6.07) is 9.29. The van der Waals surface area contributed by atoms with E-state index in [2.05, 4.69) is 10.2 Å². The Kier molecular flexibility index (Phi) is 5.60. The summed E-state index contributed by atoms with van der Waals surface area (Å²) in [6.07, 6.45) is 1.13. The van der Waals surface area contributed by atoms with E-state index in [0.29, 0.717) is 0 Å². The SMILES string of the molecule is NC1=NN(c2ccc(S(=O)(=O)O)cc2)C(=O)C1=Cc1c(N)[nH]n(-c2ccc(S(=O)(=O)O)cc2)c1=O.